The minimum atomic E-state index is -0.582. The molecule has 2 aromatic rings. The minimum Gasteiger partial charge on any atom is -0.349 e. The summed E-state index contributed by atoms with van der Waals surface area (Å²) in [5.74, 6) is -1.30. The highest BCUT2D eigenvalue weighted by molar-refractivity contribution is 7.71. The van der Waals surface area contributed by atoms with E-state index in [1.165, 1.54) is 6.07 Å². The second-order valence-electron chi connectivity index (χ2n) is 6.83. The van der Waals surface area contributed by atoms with Gasteiger partial charge in [-0.2, -0.15) is 0 Å². The molecule has 0 fully saturated rings. The van der Waals surface area contributed by atoms with Gasteiger partial charge in [0.2, 0.25) is 0 Å². The van der Waals surface area contributed by atoms with Crippen LogP contribution in [0.25, 0.3) is 0 Å². The van der Waals surface area contributed by atoms with Gasteiger partial charge in [-0.1, -0.05) is 0 Å². The van der Waals surface area contributed by atoms with Crippen molar-refractivity contribution < 1.29 is 13.6 Å². The summed E-state index contributed by atoms with van der Waals surface area (Å²) in [7, 11) is 3.86. The van der Waals surface area contributed by atoms with Crippen LogP contribution in [0.15, 0.2) is 18.3 Å². The summed E-state index contributed by atoms with van der Waals surface area (Å²) in [6.07, 6.45) is 3.16. The lowest BCUT2D eigenvalue weighted by Gasteiger charge is -2.27. The third kappa shape index (κ3) is 3.86. The Bertz CT molecular complexity index is 875. The molecule has 0 saturated carbocycles. The van der Waals surface area contributed by atoms with Crippen LogP contribution >= 0.6 is 12.2 Å². The lowest BCUT2D eigenvalue weighted by molar-refractivity contribution is 0.0938. The van der Waals surface area contributed by atoms with Gasteiger partial charge in [0.25, 0.3) is 5.91 Å². The Kier molecular flexibility index (Phi) is 5.52. The lowest BCUT2D eigenvalue weighted by Crippen LogP contribution is -2.33. The van der Waals surface area contributed by atoms with Gasteiger partial charge in [0, 0.05) is 31.4 Å². The molecule has 1 aromatic carbocycles. The van der Waals surface area contributed by atoms with Crippen LogP contribution in [-0.4, -0.2) is 47.5 Å². The number of aromatic amines is 1. The largest absolute Gasteiger partial charge is 0.349 e. The number of carbonyl (C=O) groups excluding carboxylic acids is 1. The Morgan fingerprint density at radius 2 is 2.19 bits per heavy atom. The molecule has 0 bridgehead atoms. The van der Waals surface area contributed by atoms with E-state index < -0.39 is 11.6 Å². The zero-order valence-electron chi connectivity index (χ0n) is 14.8. The number of nitrogens with zero attached hydrogens (tertiary/aromatic N) is 2. The zero-order valence-corrected chi connectivity index (χ0v) is 15.6. The molecule has 1 aliphatic rings. The molecular weight excluding hydrogens is 358 g/mol. The van der Waals surface area contributed by atoms with E-state index in [9.17, 15) is 13.6 Å². The molecule has 140 valence electrons. The van der Waals surface area contributed by atoms with Crippen LogP contribution < -0.4 is 5.32 Å². The van der Waals surface area contributed by atoms with E-state index in [1.54, 1.807) is 10.8 Å². The summed E-state index contributed by atoms with van der Waals surface area (Å²) in [4.78, 5) is 17.4. The van der Waals surface area contributed by atoms with Crippen LogP contribution in [-0.2, 0) is 12.8 Å². The summed E-state index contributed by atoms with van der Waals surface area (Å²) >= 11 is 5.35. The number of likely N-dealkylation sites (N-methyl/N-ethyl adjacent to an activating group) is 1. The highest BCUT2D eigenvalue weighted by Crippen LogP contribution is 2.32. The van der Waals surface area contributed by atoms with Crippen molar-refractivity contribution in [2.75, 3.05) is 27.2 Å². The molecule has 0 saturated heterocycles. The first-order valence-electron chi connectivity index (χ1n) is 8.56. The molecule has 1 atom stereocenters. The number of nitrogens with one attached hydrogen (secondary N) is 2. The maximum Gasteiger partial charge on any atom is 0.269 e. The average molecular weight is 380 g/mol. The molecule has 2 N–H and O–H groups in total. The summed E-state index contributed by atoms with van der Waals surface area (Å²) < 4.78 is 29.7. The summed E-state index contributed by atoms with van der Waals surface area (Å²) in [6.45, 7) is 1.25. The molecular formula is C18H22F2N4OS. The summed E-state index contributed by atoms with van der Waals surface area (Å²) in [5, 5.41) is 2.87. The lowest BCUT2D eigenvalue weighted by atomic mass is 9.87. The van der Waals surface area contributed by atoms with Gasteiger partial charge in [-0.05, 0) is 62.8 Å². The van der Waals surface area contributed by atoms with Gasteiger partial charge < -0.3 is 19.8 Å². The molecule has 5 nitrogen and oxygen atoms in total. The van der Waals surface area contributed by atoms with Crippen molar-refractivity contribution in [1.82, 2.24) is 19.8 Å². The van der Waals surface area contributed by atoms with Gasteiger partial charge in [-0.3, -0.25) is 4.79 Å². The number of imidazole rings is 1. The number of amides is 1. The Morgan fingerprint density at radius 3 is 2.92 bits per heavy atom. The second-order valence-corrected chi connectivity index (χ2v) is 7.22. The van der Waals surface area contributed by atoms with E-state index in [4.69, 9.17) is 12.2 Å². The first-order chi connectivity index (χ1) is 12.4. The van der Waals surface area contributed by atoms with Crippen molar-refractivity contribution >= 4 is 18.1 Å². The van der Waals surface area contributed by atoms with E-state index >= 15 is 0 Å². The summed E-state index contributed by atoms with van der Waals surface area (Å²) in [6, 6.07) is 2.18. The maximum atomic E-state index is 14.0. The average Bonchev–Trinajstić information content (AvgIpc) is 2.95. The fraction of sp³-hybridized carbons (Fsp3) is 0.444. The number of hydrogen-bond acceptors (Lipinski definition) is 3. The van der Waals surface area contributed by atoms with Crippen molar-refractivity contribution in [3.8, 4) is 0 Å². The molecule has 1 aromatic heterocycles. The first-order valence-corrected chi connectivity index (χ1v) is 8.97. The topological polar surface area (TPSA) is 53.1 Å². The van der Waals surface area contributed by atoms with Gasteiger partial charge in [0.15, 0.2) is 4.77 Å². The van der Waals surface area contributed by atoms with Gasteiger partial charge in [0.05, 0.1) is 0 Å². The molecule has 26 heavy (non-hydrogen) atoms. The van der Waals surface area contributed by atoms with Crippen LogP contribution in [0.3, 0.4) is 0 Å². The standard InChI is InChI=1S/C18H22F2N4OS/c1-23(2)6-5-21-17(25)16-10-22-18(26)24(16)13-3-4-14-11(8-13)7-12(19)9-15(14)20/h7,9-10,13H,3-6,8H2,1-2H3,(H,21,25)(H,22,26). The normalized spacial score (nSPS) is 16.6. The number of fused-ring (bicyclic) bond motifs is 1. The molecule has 8 heteroatoms. The van der Waals surface area contributed by atoms with Crippen LogP contribution in [0.4, 0.5) is 8.78 Å². The van der Waals surface area contributed by atoms with Crippen LogP contribution in [0.1, 0.15) is 34.1 Å². The minimum absolute atomic E-state index is 0.114. The van der Waals surface area contributed by atoms with Crippen molar-refractivity contribution in [2.45, 2.75) is 25.3 Å². The van der Waals surface area contributed by atoms with Crippen molar-refractivity contribution in [3.63, 3.8) is 0 Å². The van der Waals surface area contributed by atoms with Crippen molar-refractivity contribution in [2.24, 2.45) is 0 Å². The number of carbonyl (C=O) groups is 1. The SMILES string of the molecule is CN(C)CCNC(=O)c1c[nH]c(=S)n1C1CCc2c(F)cc(F)cc2C1. The molecule has 1 amide bonds. The molecule has 0 aliphatic heterocycles. The number of hydrogen-bond donors (Lipinski definition) is 2. The number of rotatable bonds is 5. The van der Waals surface area contributed by atoms with E-state index in [-0.39, 0.29) is 11.9 Å². The molecule has 0 spiro atoms. The number of aromatic nitrogens is 2. The fourth-order valence-corrected chi connectivity index (χ4v) is 3.71. The van der Waals surface area contributed by atoms with Gasteiger partial charge in [-0.25, -0.2) is 8.78 Å². The van der Waals surface area contributed by atoms with Crippen LogP contribution in [0.5, 0.6) is 0 Å². The molecule has 3 rings (SSSR count). The molecule has 1 heterocycles. The summed E-state index contributed by atoms with van der Waals surface area (Å²) in [5.41, 5.74) is 1.64. The van der Waals surface area contributed by atoms with Gasteiger partial charge in [0.1, 0.15) is 17.3 Å². The zero-order chi connectivity index (χ0) is 18.8. The number of halogens is 2. The third-order valence-electron chi connectivity index (χ3n) is 4.69. The molecule has 1 unspecified atom stereocenters. The van der Waals surface area contributed by atoms with Crippen molar-refractivity contribution in [1.29, 1.82) is 0 Å². The van der Waals surface area contributed by atoms with E-state index in [0.29, 0.717) is 47.4 Å². The predicted molar refractivity (Wildman–Crippen MR) is 97.9 cm³/mol. The quantitative estimate of drug-likeness (QED) is 0.785. The van der Waals surface area contributed by atoms with Gasteiger partial charge >= 0.3 is 0 Å². The van der Waals surface area contributed by atoms with Gasteiger partial charge in [-0.15, -0.1) is 0 Å². The third-order valence-corrected chi connectivity index (χ3v) is 5.00. The van der Waals surface area contributed by atoms with Crippen LogP contribution in [0.2, 0.25) is 0 Å². The first kappa shape index (κ1) is 18.7. The van der Waals surface area contributed by atoms with Crippen LogP contribution in [0, 0.1) is 16.4 Å². The van der Waals surface area contributed by atoms with Crippen molar-refractivity contribution in [3.05, 3.63) is 51.6 Å². The van der Waals surface area contributed by atoms with E-state index in [0.717, 1.165) is 12.6 Å². The molecule has 0 radical (unpaired) electrons. The predicted octanol–water partition coefficient (Wildman–Crippen LogP) is 2.85. The van der Waals surface area contributed by atoms with E-state index in [1.807, 2.05) is 19.0 Å². The maximum absolute atomic E-state index is 14.0. The second kappa shape index (κ2) is 7.67. The number of H-pyrrole nitrogens is 1. The highest BCUT2D eigenvalue weighted by Gasteiger charge is 2.26. The number of benzene rings is 1. The Morgan fingerprint density at radius 1 is 1.42 bits per heavy atom. The van der Waals surface area contributed by atoms with E-state index in [2.05, 4.69) is 10.3 Å². The monoisotopic (exact) mass is 380 g/mol. The smallest absolute Gasteiger partial charge is 0.269 e. The Labute approximate surface area is 156 Å². The Hall–Kier alpha value is -2.06. The highest BCUT2D eigenvalue weighted by atomic mass is 32.1. The Balaban J connectivity index is 1.83. The fourth-order valence-electron chi connectivity index (χ4n) is 3.41. The molecule has 1 aliphatic carbocycles.